The van der Waals surface area contributed by atoms with Crippen molar-refractivity contribution in [2.75, 3.05) is 5.32 Å². The third-order valence-electron chi connectivity index (χ3n) is 10.8. The predicted octanol–water partition coefficient (Wildman–Crippen LogP) is 12.0. The second-order valence-corrected chi connectivity index (χ2v) is 20.8. The zero-order valence-electron chi connectivity index (χ0n) is 35.3. The number of fused-ring (bicyclic) bond motifs is 4. The Bertz CT molecular complexity index is 4230. The maximum Gasteiger partial charge on any atom is 0.296 e. The van der Waals surface area contributed by atoms with Gasteiger partial charge >= 0.3 is 0 Å². The van der Waals surface area contributed by atoms with Gasteiger partial charge in [0.25, 0.3) is 40.5 Å². The molecule has 0 amide bonds. The Balaban J connectivity index is 1.08. The van der Waals surface area contributed by atoms with E-state index in [1.54, 1.807) is 42.5 Å². The Hall–Kier alpha value is -7.94. The van der Waals surface area contributed by atoms with Gasteiger partial charge in [-0.2, -0.15) is 38.8 Å². The molecule has 20 nitrogen and oxygen atoms in total. The summed E-state index contributed by atoms with van der Waals surface area (Å²) in [7, 11) is -19.6. The highest BCUT2D eigenvalue weighted by atomic mass is 32.2. The number of benzene rings is 9. The van der Waals surface area contributed by atoms with Crippen molar-refractivity contribution < 1.29 is 57.0 Å². The monoisotopic (exact) mass is 1020 g/mol. The van der Waals surface area contributed by atoms with E-state index in [1.807, 2.05) is 30.3 Å². The number of anilines is 2. The van der Waals surface area contributed by atoms with Crippen molar-refractivity contribution in [1.82, 2.24) is 0 Å². The van der Waals surface area contributed by atoms with Crippen LogP contribution in [0.25, 0.3) is 43.1 Å². The van der Waals surface area contributed by atoms with Crippen molar-refractivity contribution in [2.45, 2.75) is 19.6 Å². The number of nitrogens with one attached hydrogen (secondary N) is 1. The molecule has 352 valence electrons. The molecular weight excluding hydrogens is 987 g/mol. The van der Waals surface area contributed by atoms with Crippen LogP contribution >= 0.6 is 0 Å². The topological polar surface area (TPSA) is 324 Å². The highest BCUT2D eigenvalue weighted by Crippen LogP contribution is 2.44. The predicted molar refractivity (Wildman–Crippen MR) is 259 cm³/mol. The zero-order chi connectivity index (χ0) is 49.8. The quantitative estimate of drug-likeness (QED) is 0.0490. The molecule has 0 fully saturated rings. The van der Waals surface area contributed by atoms with E-state index in [9.17, 15) is 57.0 Å². The fourth-order valence-corrected chi connectivity index (χ4v) is 10.2. The highest BCUT2D eigenvalue weighted by Gasteiger charge is 2.24. The molecule has 0 unspecified atom stereocenters. The molecule has 0 aliphatic heterocycles. The first-order chi connectivity index (χ1) is 33.1. The lowest BCUT2D eigenvalue weighted by Gasteiger charge is -2.12. The van der Waals surface area contributed by atoms with Gasteiger partial charge in [-0.25, -0.2) is 0 Å². The summed E-state index contributed by atoms with van der Waals surface area (Å²) in [6.45, 7) is 0. The number of phenolic OH excluding ortho intramolecular Hbond substituents is 1. The number of para-hydroxylation sites is 1. The molecule has 0 spiro atoms. The Morgan fingerprint density at radius 1 is 0.357 bits per heavy atom. The van der Waals surface area contributed by atoms with Crippen LogP contribution in [0, 0.1) is 0 Å². The molecule has 24 heteroatoms. The molecule has 0 radical (unpaired) electrons. The first-order valence-corrected chi connectivity index (χ1v) is 25.8. The largest absolute Gasteiger partial charge is 0.505 e. The molecule has 0 heterocycles. The minimum Gasteiger partial charge on any atom is -0.505 e. The first kappa shape index (κ1) is 47.1. The van der Waals surface area contributed by atoms with Crippen molar-refractivity contribution >= 4 is 129 Å². The number of rotatable bonds is 12. The Kier molecular flexibility index (Phi) is 12.0. The van der Waals surface area contributed by atoms with Gasteiger partial charge in [-0.1, -0.05) is 60.7 Å². The molecule has 0 aromatic heterocycles. The third kappa shape index (κ3) is 9.56. The molecule has 0 saturated carbocycles. The van der Waals surface area contributed by atoms with Crippen LogP contribution in [0.4, 0.5) is 45.5 Å². The molecule has 0 aliphatic carbocycles. The van der Waals surface area contributed by atoms with Crippen LogP contribution in [0.5, 0.6) is 5.75 Å². The summed E-state index contributed by atoms with van der Waals surface area (Å²) in [6, 6.07) is 36.7. The first-order valence-electron chi connectivity index (χ1n) is 20.1. The van der Waals surface area contributed by atoms with Gasteiger partial charge in [0.2, 0.25) is 0 Å². The van der Waals surface area contributed by atoms with Gasteiger partial charge < -0.3 is 10.4 Å². The number of hydrogen-bond acceptors (Lipinski definition) is 16. The van der Waals surface area contributed by atoms with Gasteiger partial charge in [0.05, 0.1) is 33.3 Å². The van der Waals surface area contributed by atoms with Crippen LogP contribution < -0.4 is 5.32 Å². The average molecular weight is 1020 g/mol. The fourth-order valence-electron chi connectivity index (χ4n) is 7.61. The van der Waals surface area contributed by atoms with E-state index < -0.39 is 71.5 Å². The summed E-state index contributed by atoms with van der Waals surface area (Å²) in [5, 5.41) is 41.2. The number of hydrogen-bond donors (Lipinski definition) is 6. The minimum atomic E-state index is -4.99. The van der Waals surface area contributed by atoms with E-state index in [2.05, 4.69) is 36.0 Å². The molecule has 0 saturated heterocycles. The highest BCUT2D eigenvalue weighted by molar-refractivity contribution is 7.87. The molecule has 9 rings (SSSR count). The molecule has 6 N–H and O–H groups in total. The van der Waals surface area contributed by atoms with E-state index in [-0.39, 0.29) is 55.1 Å². The summed E-state index contributed by atoms with van der Waals surface area (Å²) in [5.74, 6) is -0.549. The number of aromatic hydroxyl groups is 1. The van der Waals surface area contributed by atoms with E-state index in [4.69, 9.17) is 0 Å². The summed E-state index contributed by atoms with van der Waals surface area (Å²) in [6.07, 6.45) is 0. The summed E-state index contributed by atoms with van der Waals surface area (Å²) in [4.78, 5) is -2.65. The average Bonchev–Trinajstić information content (AvgIpc) is 3.31. The minimum absolute atomic E-state index is 0.0457. The molecule has 0 aliphatic rings. The molecular formula is C46H31N7O13S4. The van der Waals surface area contributed by atoms with Crippen LogP contribution in [0.3, 0.4) is 0 Å². The van der Waals surface area contributed by atoms with Gasteiger partial charge in [0.1, 0.15) is 20.4 Å². The smallest absolute Gasteiger partial charge is 0.296 e. The number of nitrogens with zero attached hydrogens (tertiary/aromatic N) is 6. The third-order valence-corrected chi connectivity index (χ3v) is 14.3. The van der Waals surface area contributed by atoms with Crippen LogP contribution in [0.15, 0.2) is 202 Å². The van der Waals surface area contributed by atoms with Crippen molar-refractivity contribution in [1.29, 1.82) is 0 Å². The summed E-state index contributed by atoms with van der Waals surface area (Å²) >= 11 is 0. The maximum atomic E-state index is 12.7. The van der Waals surface area contributed by atoms with Crippen LogP contribution in [-0.2, 0) is 40.5 Å². The Morgan fingerprint density at radius 2 is 0.886 bits per heavy atom. The normalized spacial score (nSPS) is 12.9. The van der Waals surface area contributed by atoms with Gasteiger partial charge in [-0.3, -0.25) is 18.2 Å². The summed E-state index contributed by atoms with van der Waals surface area (Å²) < 4.78 is 139. The SMILES string of the molecule is O=S(=O)(O)c1ccc2c(N=Nc3ccc(N=Nc4c(S(=O)(=O)O)cc5cc(Nc6ccccc6)ccc5c4O)c4ccccc34)ccc(N=Nc3cc(S(=O)(=O)O)c4cccc(S(=O)(=O)O)c4c3)c2c1. The van der Waals surface area contributed by atoms with Crippen molar-refractivity contribution in [3.63, 3.8) is 0 Å². The van der Waals surface area contributed by atoms with Gasteiger partial charge in [0.15, 0.2) is 5.75 Å². The molecule has 9 aromatic rings. The van der Waals surface area contributed by atoms with Crippen LogP contribution in [-0.4, -0.2) is 57.0 Å². The Labute approximate surface area is 397 Å². The van der Waals surface area contributed by atoms with Gasteiger partial charge in [-0.05, 0) is 96.4 Å². The lowest BCUT2D eigenvalue weighted by Crippen LogP contribution is -2.03. The molecule has 9 aromatic carbocycles. The van der Waals surface area contributed by atoms with Crippen molar-refractivity contribution in [3.8, 4) is 5.75 Å². The Morgan fingerprint density at radius 3 is 1.49 bits per heavy atom. The van der Waals surface area contributed by atoms with Crippen LogP contribution in [0.1, 0.15) is 0 Å². The summed E-state index contributed by atoms with van der Waals surface area (Å²) in [5.41, 5.74) is 1.15. The van der Waals surface area contributed by atoms with E-state index in [0.29, 0.717) is 22.1 Å². The van der Waals surface area contributed by atoms with Crippen molar-refractivity contribution in [3.05, 3.63) is 152 Å². The molecule has 70 heavy (non-hydrogen) atoms. The van der Waals surface area contributed by atoms with E-state index >= 15 is 0 Å². The second kappa shape index (κ2) is 17.9. The molecule has 0 bridgehead atoms. The van der Waals surface area contributed by atoms with E-state index in [1.165, 1.54) is 42.5 Å². The second-order valence-electron chi connectivity index (χ2n) is 15.3. The fraction of sp³-hybridized carbons (Fsp3) is 0. The van der Waals surface area contributed by atoms with Gasteiger partial charge in [-0.15, -0.1) is 25.6 Å². The van der Waals surface area contributed by atoms with Gasteiger partial charge in [0, 0.05) is 49.1 Å². The lowest BCUT2D eigenvalue weighted by molar-refractivity contribution is 0.472. The number of azo groups is 3. The lowest BCUT2D eigenvalue weighted by atomic mass is 10.1. The zero-order valence-corrected chi connectivity index (χ0v) is 38.5. The van der Waals surface area contributed by atoms with E-state index in [0.717, 1.165) is 42.1 Å². The standard InChI is InChI=1S/C46H31N7O13S4/c54-46-31-15-13-28(47-27-7-2-1-3-8-27)21-26(31)22-44(70(64,65)66)45(46)53-52-39-18-17-38(32-9-4-5-10-33(32)39)50-51-40-19-20-41(36-25-30(67(55,56)57)14-16-34(36)40)49-48-29-23-37-35(43(24-29)69(61,62)63)11-6-12-42(37)68(58,59)60/h1-25,47,54H,(H,55,56,57)(H,58,59,60)(H,61,62,63)(H,64,65,66). The van der Waals surface area contributed by atoms with Crippen molar-refractivity contribution in [2.24, 2.45) is 30.7 Å². The maximum absolute atomic E-state index is 12.7. The molecule has 0 atom stereocenters. The number of phenols is 1. The van der Waals surface area contributed by atoms with Crippen LogP contribution in [0.2, 0.25) is 0 Å².